The molecule has 2 atom stereocenters. The number of hydrogen-bond donors (Lipinski definition) is 2. The molecule has 1 amide bonds. The molecule has 3 N–H and O–H groups in total. The summed E-state index contributed by atoms with van der Waals surface area (Å²) < 4.78 is 0. The zero-order chi connectivity index (χ0) is 16.5. The van der Waals surface area contributed by atoms with Gasteiger partial charge in [0, 0.05) is 29.9 Å². The van der Waals surface area contributed by atoms with E-state index in [1.165, 1.54) is 22.6 Å². The maximum atomic E-state index is 12.3. The molecule has 1 fully saturated rings. The number of aryl methyl sites for hydroxylation is 2. The van der Waals surface area contributed by atoms with E-state index in [0.29, 0.717) is 12.5 Å². The molecule has 2 heterocycles. The predicted molar refractivity (Wildman–Crippen MR) is 111 cm³/mol. The van der Waals surface area contributed by atoms with Crippen LogP contribution < -0.4 is 11.1 Å². The van der Waals surface area contributed by atoms with E-state index in [2.05, 4.69) is 27.3 Å². The van der Waals surface area contributed by atoms with Crippen LogP contribution >= 0.6 is 36.2 Å². The van der Waals surface area contributed by atoms with E-state index in [0.717, 1.165) is 31.1 Å². The minimum absolute atomic E-state index is 0. The predicted octanol–water partition coefficient (Wildman–Crippen LogP) is 2.84. The molecular weight excluding hydrogens is 391 g/mol. The molecule has 1 aromatic carbocycles. The lowest BCUT2D eigenvalue weighted by Crippen LogP contribution is -2.33. The van der Waals surface area contributed by atoms with E-state index >= 15 is 0 Å². The van der Waals surface area contributed by atoms with Gasteiger partial charge >= 0.3 is 0 Å². The Morgan fingerprint density at radius 3 is 2.73 bits per heavy atom. The first kappa shape index (κ1) is 21.1. The Hall–Kier alpha value is -1.18. The number of carbonyl (C=O) groups is 1. The van der Waals surface area contributed by atoms with E-state index in [1.54, 1.807) is 11.3 Å². The number of thiazole rings is 1. The SMILES string of the molecule is Cl.Cl.N[C@@H]1CN(CC(=O)Nc2nc3c(s2)CCC3)C[C@H]1c1ccccc1. The summed E-state index contributed by atoms with van der Waals surface area (Å²) >= 11 is 1.62. The third-order valence-corrected chi connectivity index (χ3v) is 5.95. The van der Waals surface area contributed by atoms with Crippen molar-refractivity contribution in [1.82, 2.24) is 9.88 Å². The van der Waals surface area contributed by atoms with Gasteiger partial charge in [-0.25, -0.2) is 4.98 Å². The van der Waals surface area contributed by atoms with Gasteiger partial charge in [0.25, 0.3) is 0 Å². The topological polar surface area (TPSA) is 71.2 Å². The first-order valence-corrected chi connectivity index (χ1v) is 9.32. The Morgan fingerprint density at radius 1 is 1.23 bits per heavy atom. The quantitative estimate of drug-likeness (QED) is 0.806. The number of likely N-dealkylation sites (tertiary alicyclic amines) is 1. The molecule has 1 aromatic heterocycles. The minimum Gasteiger partial charge on any atom is -0.326 e. The summed E-state index contributed by atoms with van der Waals surface area (Å²) in [5, 5.41) is 3.70. The molecule has 2 aliphatic rings. The molecule has 1 saturated heterocycles. The van der Waals surface area contributed by atoms with Gasteiger partial charge < -0.3 is 11.1 Å². The number of nitrogens with zero attached hydrogens (tertiary/aromatic N) is 2. The van der Waals surface area contributed by atoms with Gasteiger partial charge in [-0.1, -0.05) is 30.3 Å². The second-order valence-corrected chi connectivity index (χ2v) is 7.75. The molecule has 1 aliphatic carbocycles. The van der Waals surface area contributed by atoms with E-state index in [4.69, 9.17) is 5.73 Å². The molecule has 0 radical (unpaired) electrons. The number of anilines is 1. The summed E-state index contributed by atoms with van der Waals surface area (Å²) in [5.41, 5.74) is 8.72. The van der Waals surface area contributed by atoms with E-state index in [9.17, 15) is 4.79 Å². The molecule has 1 aliphatic heterocycles. The maximum absolute atomic E-state index is 12.3. The van der Waals surface area contributed by atoms with Crippen LogP contribution in [0.15, 0.2) is 30.3 Å². The van der Waals surface area contributed by atoms with Gasteiger partial charge in [-0.05, 0) is 24.8 Å². The van der Waals surface area contributed by atoms with Gasteiger partial charge in [0.15, 0.2) is 5.13 Å². The van der Waals surface area contributed by atoms with Crippen molar-refractivity contribution in [2.24, 2.45) is 5.73 Å². The Labute approximate surface area is 170 Å². The Balaban J connectivity index is 0.00000121. The molecular formula is C18H24Cl2N4OS. The molecule has 0 saturated carbocycles. The highest BCUT2D eigenvalue weighted by Gasteiger charge is 2.32. The first-order valence-electron chi connectivity index (χ1n) is 8.50. The standard InChI is InChI=1S/C18H22N4OS.2ClH/c19-14-10-22(9-13(14)12-5-2-1-3-6-12)11-17(23)21-18-20-15-7-4-8-16(15)24-18;;/h1-3,5-6,13-14H,4,7-11,19H2,(H,20,21,23);2*1H/t13-,14+;;/m0../s1. The fourth-order valence-corrected chi connectivity index (χ4v) is 4.77. The summed E-state index contributed by atoms with van der Waals surface area (Å²) in [6, 6.07) is 10.4. The molecule has 0 bridgehead atoms. The van der Waals surface area contributed by atoms with Gasteiger partial charge in [-0.2, -0.15) is 0 Å². The van der Waals surface area contributed by atoms with Crippen molar-refractivity contribution in [3.8, 4) is 0 Å². The van der Waals surface area contributed by atoms with Gasteiger partial charge in [0.1, 0.15) is 0 Å². The average Bonchev–Trinajstić information content (AvgIpc) is 3.23. The van der Waals surface area contributed by atoms with E-state index in [-0.39, 0.29) is 36.8 Å². The van der Waals surface area contributed by atoms with Crippen LogP contribution in [0.5, 0.6) is 0 Å². The zero-order valence-corrected chi connectivity index (χ0v) is 16.8. The third-order valence-electron chi connectivity index (χ3n) is 4.88. The Morgan fingerprint density at radius 2 is 2.00 bits per heavy atom. The summed E-state index contributed by atoms with van der Waals surface area (Å²) in [5.74, 6) is 0.297. The van der Waals surface area contributed by atoms with Crippen LogP contribution in [0.4, 0.5) is 5.13 Å². The minimum atomic E-state index is 0. The van der Waals surface area contributed by atoms with Gasteiger partial charge in [-0.3, -0.25) is 9.69 Å². The fraction of sp³-hybridized carbons (Fsp3) is 0.444. The van der Waals surface area contributed by atoms with Crippen molar-refractivity contribution in [3.63, 3.8) is 0 Å². The number of benzene rings is 1. The molecule has 0 unspecified atom stereocenters. The van der Waals surface area contributed by atoms with Crippen LogP contribution in [-0.4, -0.2) is 41.5 Å². The summed E-state index contributed by atoms with van der Waals surface area (Å²) in [6.45, 7) is 1.95. The molecule has 2 aromatic rings. The van der Waals surface area contributed by atoms with Crippen molar-refractivity contribution in [3.05, 3.63) is 46.5 Å². The number of carbonyl (C=O) groups excluding carboxylic acids is 1. The van der Waals surface area contributed by atoms with E-state index < -0.39 is 0 Å². The largest absolute Gasteiger partial charge is 0.326 e. The Kier molecular flexibility index (Phi) is 7.43. The average molecular weight is 415 g/mol. The molecule has 0 spiro atoms. The molecule has 26 heavy (non-hydrogen) atoms. The van der Waals surface area contributed by atoms with Crippen LogP contribution in [0, 0.1) is 0 Å². The number of nitrogens with two attached hydrogens (primary N) is 1. The fourth-order valence-electron chi connectivity index (χ4n) is 3.70. The van der Waals surface area contributed by atoms with Crippen LogP contribution in [0.2, 0.25) is 0 Å². The first-order chi connectivity index (χ1) is 11.7. The monoisotopic (exact) mass is 414 g/mol. The lowest BCUT2D eigenvalue weighted by molar-refractivity contribution is -0.117. The van der Waals surface area contributed by atoms with Crippen molar-refractivity contribution in [2.45, 2.75) is 31.2 Å². The lowest BCUT2D eigenvalue weighted by Gasteiger charge is -2.15. The van der Waals surface area contributed by atoms with Gasteiger partial charge in [-0.15, -0.1) is 36.2 Å². The third kappa shape index (κ3) is 4.56. The Bertz CT molecular complexity index is 719. The molecule has 142 valence electrons. The van der Waals surface area contributed by atoms with Gasteiger partial charge in [0.2, 0.25) is 5.91 Å². The number of aromatic nitrogens is 1. The normalized spacial score (nSPS) is 21.6. The van der Waals surface area contributed by atoms with Crippen LogP contribution in [0.1, 0.15) is 28.5 Å². The maximum Gasteiger partial charge on any atom is 0.240 e. The second kappa shape index (κ2) is 9.15. The highest BCUT2D eigenvalue weighted by molar-refractivity contribution is 7.15. The number of fused-ring (bicyclic) bond motifs is 1. The lowest BCUT2D eigenvalue weighted by atomic mass is 9.95. The number of amides is 1. The number of halogens is 2. The second-order valence-electron chi connectivity index (χ2n) is 6.67. The van der Waals surface area contributed by atoms with Crippen LogP contribution in [0.25, 0.3) is 0 Å². The zero-order valence-electron chi connectivity index (χ0n) is 14.4. The number of rotatable bonds is 4. The van der Waals surface area contributed by atoms with Crippen LogP contribution in [-0.2, 0) is 17.6 Å². The smallest absolute Gasteiger partial charge is 0.240 e. The summed E-state index contributed by atoms with van der Waals surface area (Å²) in [6.07, 6.45) is 3.33. The number of hydrogen-bond acceptors (Lipinski definition) is 5. The molecule has 4 rings (SSSR count). The van der Waals surface area contributed by atoms with Crippen molar-refractivity contribution in [1.29, 1.82) is 0 Å². The molecule has 5 nitrogen and oxygen atoms in total. The number of nitrogens with one attached hydrogen (secondary N) is 1. The summed E-state index contributed by atoms with van der Waals surface area (Å²) in [7, 11) is 0. The molecule has 8 heteroatoms. The van der Waals surface area contributed by atoms with Crippen molar-refractivity contribution < 1.29 is 4.79 Å². The highest BCUT2D eigenvalue weighted by atomic mass is 35.5. The van der Waals surface area contributed by atoms with E-state index in [1.807, 2.05) is 18.2 Å². The van der Waals surface area contributed by atoms with Crippen LogP contribution in [0.3, 0.4) is 0 Å². The van der Waals surface area contributed by atoms with Crippen molar-refractivity contribution in [2.75, 3.05) is 25.0 Å². The summed E-state index contributed by atoms with van der Waals surface area (Å²) in [4.78, 5) is 20.3. The highest BCUT2D eigenvalue weighted by Crippen LogP contribution is 2.30. The van der Waals surface area contributed by atoms with Crippen molar-refractivity contribution >= 4 is 47.2 Å². The van der Waals surface area contributed by atoms with Gasteiger partial charge in [0.05, 0.1) is 12.2 Å².